The molecule has 4 heteroatoms. The average molecular weight is 256 g/mol. The van der Waals surface area contributed by atoms with Crippen LogP contribution in [0.15, 0.2) is 24.3 Å². The van der Waals surface area contributed by atoms with Crippen molar-refractivity contribution >= 4 is 16.6 Å². The predicted octanol–water partition coefficient (Wildman–Crippen LogP) is 2.49. The first-order valence-electron chi connectivity index (χ1n) is 7.04. The minimum atomic E-state index is 0.551. The SMILES string of the molecule is Cc1nnc(NCC2CCCCN2)c2ccccc12. The van der Waals surface area contributed by atoms with E-state index < -0.39 is 0 Å². The summed E-state index contributed by atoms with van der Waals surface area (Å²) in [6.07, 6.45) is 3.85. The lowest BCUT2D eigenvalue weighted by Crippen LogP contribution is -2.39. The lowest BCUT2D eigenvalue weighted by atomic mass is 10.1. The van der Waals surface area contributed by atoms with Gasteiger partial charge >= 0.3 is 0 Å². The molecule has 1 unspecified atom stereocenters. The third-order valence-corrected chi connectivity index (χ3v) is 3.80. The Bertz CT molecular complexity index is 561. The van der Waals surface area contributed by atoms with Crippen molar-refractivity contribution in [3.05, 3.63) is 30.0 Å². The van der Waals surface area contributed by atoms with Crippen LogP contribution in [0.5, 0.6) is 0 Å². The predicted molar refractivity (Wildman–Crippen MR) is 78.4 cm³/mol. The van der Waals surface area contributed by atoms with Crippen molar-refractivity contribution in [2.24, 2.45) is 0 Å². The molecule has 2 aromatic rings. The van der Waals surface area contributed by atoms with Crippen molar-refractivity contribution in [1.29, 1.82) is 0 Å². The second-order valence-electron chi connectivity index (χ2n) is 5.21. The Balaban J connectivity index is 1.79. The van der Waals surface area contributed by atoms with E-state index >= 15 is 0 Å². The highest BCUT2D eigenvalue weighted by Crippen LogP contribution is 2.22. The highest BCUT2D eigenvalue weighted by atomic mass is 15.2. The minimum absolute atomic E-state index is 0.551. The Hall–Kier alpha value is -1.68. The third-order valence-electron chi connectivity index (χ3n) is 3.80. The number of benzene rings is 1. The highest BCUT2D eigenvalue weighted by Gasteiger charge is 2.13. The Labute approximate surface area is 113 Å². The molecular weight excluding hydrogens is 236 g/mol. The summed E-state index contributed by atoms with van der Waals surface area (Å²) >= 11 is 0. The van der Waals surface area contributed by atoms with Gasteiger partial charge in [-0.1, -0.05) is 30.7 Å². The van der Waals surface area contributed by atoms with Gasteiger partial charge in [0.1, 0.15) is 0 Å². The molecule has 1 saturated heterocycles. The van der Waals surface area contributed by atoms with E-state index in [1.54, 1.807) is 0 Å². The summed E-state index contributed by atoms with van der Waals surface area (Å²) in [5.74, 6) is 0.897. The van der Waals surface area contributed by atoms with Crippen LogP contribution in [0, 0.1) is 6.92 Å². The van der Waals surface area contributed by atoms with Crippen LogP contribution in [-0.2, 0) is 0 Å². The van der Waals surface area contributed by atoms with Gasteiger partial charge in [-0.15, -0.1) is 5.10 Å². The molecule has 0 radical (unpaired) electrons. The molecule has 1 atom stereocenters. The number of nitrogens with zero attached hydrogens (tertiary/aromatic N) is 2. The van der Waals surface area contributed by atoms with E-state index in [-0.39, 0.29) is 0 Å². The Morgan fingerprint density at radius 3 is 2.84 bits per heavy atom. The maximum absolute atomic E-state index is 4.30. The van der Waals surface area contributed by atoms with Crippen LogP contribution in [0.25, 0.3) is 10.8 Å². The molecule has 0 spiro atoms. The fourth-order valence-electron chi connectivity index (χ4n) is 2.69. The molecular formula is C15H20N4. The van der Waals surface area contributed by atoms with E-state index in [2.05, 4.69) is 33.0 Å². The largest absolute Gasteiger partial charge is 0.367 e. The van der Waals surface area contributed by atoms with Crippen molar-refractivity contribution in [1.82, 2.24) is 15.5 Å². The number of hydrogen-bond acceptors (Lipinski definition) is 4. The molecule has 4 nitrogen and oxygen atoms in total. The summed E-state index contributed by atoms with van der Waals surface area (Å²) < 4.78 is 0. The number of aromatic nitrogens is 2. The van der Waals surface area contributed by atoms with Crippen molar-refractivity contribution in [3.63, 3.8) is 0 Å². The fourth-order valence-corrected chi connectivity index (χ4v) is 2.69. The summed E-state index contributed by atoms with van der Waals surface area (Å²) in [4.78, 5) is 0. The second-order valence-corrected chi connectivity index (χ2v) is 5.21. The third kappa shape index (κ3) is 2.68. The quantitative estimate of drug-likeness (QED) is 0.886. The van der Waals surface area contributed by atoms with Crippen LogP contribution in [0.4, 0.5) is 5.82 Å². The molecule has 0 bridgehead atoms. The zero-order valence-electron chi connectivity index (χ0n) is 11.3. The van der Waals surface area contributed by atoms with Gasteiger partial charge < -0.3 is 10.6 Å². The smallest absolute Gasteiger partial charge is 0.156 e. The lowest BCUT2D eigenvalue weighted by molar-refractivity contribution is 0.414. The van der Waals surface area contributed by atoms with Crippen LogP contribution in [0.1, 0.15) is 25.0 Å². The summed E-state index contributed by atoms with van der Waals surface area (Å²) in [6, 6.07) is 8.85. The minimum Gasteiger partial charge on any atom is -0.367 e. The summed E-state index contributed by atoms with van der Waals surface area (Å²) in [5.41, 5.74) is 0.983. The van der Waals surface area contributed by atoms with Crippen molar-refractivity contribution in [2.75, 3.05) is 18.4 Å². The Morgan fingerprint density at radius 2 is 2.05 bits per heavy atom. The van der Waals surface area contributed by atoms with Gasteiger partial charge in [-0.05, 0) is 26.3 Å². The van der Waals surface area contributed by atoms with E-state index in [1.807, 2.05) is 19.1 Å². The molecule has 1 aromatic carbocycles. The second kappa shape index (κ2) is 5.53. The normalized spacial score (nSPS) is 19.5. The molecule has 19 heavy (non-hydrogen) atoms. The van der Waals surface area contributed by atoms with E-state index in [9.17, 15) is 0 Å². The molecule has 0 saturated carbocycles. The van der Waals surface area contributed by atoms with Gasteiger partial charge in [0.25, 0.3) is 0 Å². The molecule has 1 fully saturated rings. The zero-order chi connectivity index (χ0) is 13.1. The van der Waals surface area contributed by atoms with Crippen molar-refractivity contribution in [2.45, 2.75) is 32.2 Å². The van der Waals surface area contributed by atoms with Gasteiger partial charge in [0.2, 0.25) is 0 Å². The standard InChI is InChI=1S/C15H20N4/c1-11-13-7-2-3-8-14(13)15(19-18-11)17-10-12-6-4-5-9-16-12/h2-3,7-8,12,16H,4-6,9-10H2,1H3,(H,17,19). The van der Waals surface area contributed by atoms with Gasteiger partial charge in [-0.2, -0.15) is 5.10 Å². The molecule has 3 rings (SSSR count). The lowest BCUT2D eigenvalue weighted by Gasteiger charge is -2.24. The first kappa shape index (κ1) is 12.4. The number of nitrogens with one attached hydrogen (secondary N) is 2. The van der Waals surface area contributed by atoms with Crippen molar-refractivity contribution < 1.29 is 0 Å². The first-order valence-corrected chi connectivity index (χ1v) is 7.04. The van der Waals surface area contributed by atoms with E-state index in [4.69, 9.17) is 0 Å². The molecule has 1 aliphatic heterocycles. The average Bonchev–Trinajstić information content (AvgIpc) is 2.48. The number of piperidine rings is 1. The number of rotatable bonds is 3. The van der Waals surface area contributed by atoms with E-state index in [0.29, 0.717) is 6.04 Å². The molecule has 0 aliphatic carbocycles. The first-order chi connectivity index (χ1) is 9.34. The Kier molecular flexibility index (Phi) is 3.60. The number of anilines is 1. The summed E-state index contributed by atoms with van der Waals surface area (Å²) in [5, 5.41) is 17.9. The number of aryl methyl sites for hydroxylation is 1. The number of fused-ring (bicyclic) bond motifs is 1. The Morgan fingerprint density at radius 1 is 1.21 bits per heavy atom. The number of hydrogen-bond donors (Lipinski definition) is 2. The van der Waals surface area contributed by atoms with E-state index in [1.165, 1.54) is 24.6 Å². The zero-order valence-corrected chi connectivity index (χ0v) is 11.3. The van der Waals surface area contributed by atoms with Gasteiger partial charge in [0.05, 0.1) is 5.69 Å². The maximum Gasteiger partial charge on any atom is 0.156 e. The summed E-state index contributed by atoms with van der Waals surface area (Å²) in [6.45, 7) is 4.05. The van der Waals surface area contributed by atoms with Gasteiger partial charge in [-0.3, -0.25) is 0 Å². The van der Waals surface area contributed by atoms with Gasteiger partial charge in [-0.25, -0.2) is 0 Å². The van der Waals surface area contributed by atoms with Crippen LogP contribution in [0.2, 0.25) is 0 Å². The maximum atomic E-state index is 4.30. The molecule has 2 N–H and O–H groups in total. The molecule has 2 heterocycles. The van der Waals surface area contributed by atoms with Crippen LogP contribution >= 0.6 is 0 Å². The molecule has 100 valence electrons. The van der Waals surface area contributed by atoms with Crippen LogP contribution < -0.4 is 10.6 Å². The molecule has 1 aliphatic rings. The van der Waals surface area contributed by atoms with Crippen LogP contribution in [-0.4, -0.2) is 29.3 Å². The van der Waals surface area contributed by atoms with Gasteiger partial charge in [0.15, 0.2) is 5.82 Å². The highest BCUT2D eigenvalue weighted by molar-refractivity contribution is 5.92. The van der Waals surface area contributed by atoms with Crippen molar-refractivity contribution in [3.8, 4) is 0 Å². The summed E-state index contributed by atoms with van der Waals surface area (Å²) in [7, 11) is 0. The molecule has 0 amide bonds. The van der Waals surface area contributed by atoms with E-state index in [0.717, 1.165) is 30.0 Å². The fraction of sp³-hybridized carbons (Fsp3) is 0.467. The molecule has 1 aromatic heterocycles. The monoisotopic (exact) mass is 256 g/mol. The topological polar surface area (TPSA) is 49.8 Å². The van der Waals surface area contributed by atoms with Crippen LogP contribution in [0.3, 0.4) is 0 Å². The van der Waals surface area contributed by atoms with Gasteiger partial charge in [0, 0.05) is 23.4 Å².